The van der Waals surface area contributed by atoms with Crippen molar-refractivity contribution in [1.82, 2.24) is 15.6 Å². The molecule has 0 saturated carbocycles. The zero-order chi connectivity index (χ0) is 19.6. The van der Waals surface area contributed by atoms with E-state index in [1.165, 1.54) is 12.0 Å². The lowest BCUT2D eigenvalue weighted by Crippen LogP contribution is -2.24. The second-order valence-electron chi connectivity index (χ2n) is 6.89. The monoisotopic (exact) mass is 374 g/mol. The van der Waals surface area contributed by atoms with E-state index in [1.54, 1.807) is 18.3 Å². The van der Waals surface area contributed by atoms with Gasteiger partial charge in [0.2, 0.25) is 5.69 Å². The van der Waals surface area contributed by atoms with Crippen LogP contribution >= 0.6 is 0 Å². The molecule has 1 aromatic carbocycles. The van der Waals surface area contributed by atoms with Crippen LogP contribution in [0.4, 0.5) is 5.69 Å². The number of nitrogens with zero attached hydrogens (tertiary/aromatic N) is 2. The molecular formula is C23H26N4O. The van der Waals surface area contributed by atoms with E-state index in [1.807, 2.05) is 24.3 Å². The number of nitrogens with one attached hydrogen (secondary N) is 2. The van der Waals surface area contributed by atoms with Crippen LogP contribution in [0.25, 0.3) is 17.0 Å². The van der Waals surface area contributed by atoms with Crippen LogP contribution < -0.4 is 15.4 Å². The Labute approximate surface area is 167 Å². The maximum absolute atomic E-state index is 7.00. The summed E-state index contributed by atoms with van der Waals surface area (Å²) in [7, 11) is 0. The van der Waals surface area contributed by atoms with E-state index in [9.17, 15) is 0 Å². The first-order valence-corrected chi connectivity index (χ1v) is 9.57. The summed E-state index contributed by atoms with van der Waals surface area (Å²) in [4.78, 5) is 7.66. The van der Waals surface area contributed by atoms with Crippen molar-refractivity contribution in [1.29, 1.82) is 0 Å². The molecule has 1 atom stereocenters. The Balaban J connectivity index is 1.69. The number of benzene rings is 1. The molecule has 28 heavy (non-hydrogen) atoms. The number of rotatable bonds is 9. The Morgan fingerprint density at radius 1 is 1.32 bits per heavy atom. The summed E-state index contributed by atoms with van der Waals surface area (Å²) >= 11 is 0. The summed E-state index contributed by atoms with van der Waals surface area (Å²) in [6, 6.07) is 9.86. The first-order chi connectivity index (χ1) is 13.8. The largest absolute Gasteiger partial charge is 0.490 e. The van der Waals surface area contributed by atoms with Crippen molar-refractivity contribution in [3.8, 4) is 5.75 Å². The minimum absolute atomic E-state index is 0.480. The molecule has 1 fully saturated rings. The molecule has 1 aliphatic rings. The van der Waals surface area contributed by atoms with Gasteiger partial charge in [0, 0.05) is 12.7 Å². The molecule has 2 heterocycles. The van der Waals surface area contributed by atoms with Crippen molar-refractivity contribution in [3.63, 3.8) is 0 Å². The van der Waals surface area contributed by atoms with Gasteiger partial charge in [-0.25, -0.2) is 4.85 Å². The number of hydrogen-bond donors (Lipinski definition) is 2. The minimum atomic E-state index is 0.480. The van der Waals surface area contributed by atoms with Crippen LogP contribution in [0.3, 0.4) is 0 Å². The quantitative estimate of drug-likeness (QED) is 0.513. The van der Waals surface area contributed by atoms with Gasteiger partial charge < -0.3 is 15.4 Å². The van der Waals surface area contributed by atoms with Crippen LogP contribution in [0.2, 0.25) is 0 Å². The average molecular weight is 374 g/mol. The third-order valence-electron chi connectivity index (χ3n) is 4.63. The van der Waals surface area contributed by atoms with E-state index < -0.39 is 0 Å². The highest BCUT2D eigenvalue weighted by molar-refractivity contribution is 5.69. The van der Waals surface area contributed by atoms with Gasteiger partial charge in [0.05, 0.1) is 12.3 Å². The average Bonchev–Trinajstić information content (AvgIpc) is 3.24. The molecule has 2 aromatic rings. The van der Waals surface area contributed by atoms with Gasteiger partial charge in [-0.05, 0) is 67.4 Å². The maximum Gasteiger partial charge on any atom is 0.205 e. The van der Waals surface area contributed by atoms with E-state index in [-0.39, 0.29) is 0 Å². The topological polar surface area (TPSA) is 50.5 Å². The molecule has 1 aliphatic heterocycles. The van der Waals surface area contributed by atoms with Crippen LogP contribution in [0.1, 0.15) is 23.2 Å². The molecule has 144 valence electrons. The molecule has 0 aliphatic carbocycles. The lowest BCUT2D eigenvalue weighted by Gasteiger charge is -2.12. The smallest absolute Gasteiger partial charge is 0.205 e. The van der Waals surface area contributed by atoms with Crippen molar-refractivity contribution >= 4 is 17.8 Å². The summed E-state index contributed by atoms with van der Waals surface area (Å²) < 4.78 is 5.76. The Hall–Kier alpha value is -2.94. The number of pyridine rings is 1. The van der Waals surface area contributed by atoms with Gasteiger partial charge in [0.1, 0.15) is 12.4 Å². The van der Waals surface area contributed by atoms with Crippen molar-refractivity contribution in [2.45, 2.75) is 13.0 Å². The predicted octanol–water partition coefficient (Wildman–Crippen LogP) is 4.07. The van der Waals surface area contributed by atoms with E-state index in [4.69, 9.17) is 11.3 Å². The Morgan fingerprint density at radius 2 is 2.25 bits per heavy atom. The molecular weight excluding hydrogens is 348 g/mol. The lowest BCUT2D eigenvalue weighted by atomic mass is 10.1. The highest BCUT2D eigenvalue weighted by Crippen LogP contribution is 2.20. The van der Waals surface area contributed by atoms with E-state index in [2.05, 4.69) is 39.2 Å². The molecule has 0 amide bonds. The summed E-state index contributed by atoms with van der Waals surface area (Å²) in [5.41, 5.74) is 3.60. The van der Waals surface area contributed by atoms with Gasteiger partial charge in [0.25, 0.3) is 0 Å². The number of ether oxygens (including phenoxy) is 1. The van der Waals surface area contributed by atoms with Crippen LogP contribution in [0.5, 0.6) is 5.75 Å². The van der Waals surface area contributed by atoms with Crippen LogP contribution in [-0.4, -0.2) is 31.2 Å². The fourth-order valence-corrected chi connectivity index (χ4v) is 3.18. The standard InChI is InChI=1S/C23H26N4O/c1-3-10-28-23-12-18(4-5-21-6-7-22(24-2)17-27-21)11-20(13-23)16-26-15-19-8-9-25-14-19/h3-7,11-13,17,19,25-26H,1,8-10,14-16H2/b5-4+. The summed E-state index contributed by atoms with van der Waals surface area (Å²) in [5, 5.41) is 6.96. The molecule has 1 aromatic heterocycles. The highest BCUT2D eigenvalue weighted by Gasteiger charge is 2.13. The van der Waals surface area contributed by atoms with Crippen molar-refractivity contribution in [3.05, 3.63) is 77.4 Å². The van der Waals surface area contributed by atoms with Gasteiger partial charge in [-0.3, -0.25) is 4.98 Å². The van der Waals surface area contributed by atoms with E-state index >= 15 is 0 Å². The Morgan fingerprint density at radius 3 is 2.96 bits per heavy atom. The second-order valence-corrected chi connectivity index (χ2v) is 6.89. The van der Waals surface area contributed by atoms with Gasteiger partial charge >= 0.3 is 0 Å². The molecule has 5 nitrogen and oxygen atoms in total. The van der Waals surface area contributed by atoms with Crippen molar-refractivity contribution in [2.24, 2.45) is 5.92 Å². The van der Waals surface area contributed by atoms with E-state index in [0.717, 1.165) is 43.2 Å². The molecule has 0 radical (unpaired) electrons. The fourth-order valence-electron chi connectivity index (χ4n) is 3.18. The Kier molecular flexibility index (Phi) is 7.36. The molecule has 2 N–H and O–H groups in total. The van der Waals surface area contributed by atoms with Gasteiger partial charge in [0.15, 0.2) is 0 Å². The summed E-state index contributed by atoms with van der Waals surface area (Å²) in [5.74, 6) is 1.54. The molecule has 1 unspecified atom stereocenters. The molecule has 0 spiro atoms. The van der Waals surface area contributed by atoms with Crippen LogP contribution in [-0.2, 0) is 6.54 Å². The third-order valence-corrected chi connectivity index (χ3v) is 4.63. The number of hydrogen-bond acceptors (Lipinski definition) is 4. The summed E-state index contributed by atoms with van der Waals surface area (Å²) in [6.45, 7) is 15.2. The van der Waals surface area contributed by atoms with Crippen molar-refractivity contribution in [2.75, 3.05) is 26.2 Å². The fraction of sp³-hybridized carbons (Fsp3) is 0.304. The SMILES string of the molecule is [C-]#[N+]c1ccc(/C=C/c2cc(CNCC3CCNC3)cc(OCC=C)c2)nc1. The minimum Gasteiger partial charge on any atom is -0.490 e. The normalized spacial score (nSPS) is 16.2. The summed E-state index contributed by atoms with van der Waals surface area (Å²) in [6.07, 6.45) is 8.54. The Bertz CT molecular complexity index is 846. The van der Waals surface area contributed by atoms with Gasteiger partial charge in [-0.15, -0.1) is 0 Å². The maximum atomic E-state index is 7.00. The highest BCUT2D eigenvalue weighted by atomic mass is 16.5. The first kappa shape index (κ1) is 19.8. The first-order valence-electron chi connectivity index (χ1n) is 9.57. The molecule has 0 bridgehead atoms. The second kappa shape index (κ2) is 10.4. The molecule has 1 saturated heterocycles. The molecule has 5 heteroatoms. The predicted molar refractivity (Wildman–Crippen MR) is 114 cm³/mol. The van der Waals surface area contributed by atoms with Gasteiger partial charge in [-0.1, -0.05) is 30.9 Å². The lowest BCUT2D eigenvalue weighted by molar-refractivity contribution is 0.362. The van der Waals surface area contributed by atoms with E-state index in [0.29, 0.717) is 18.2 Å². The van der Waals surface area contributed by atoms with Crippen molar-refractivity contribution < 1.29 is 4.74 Å². The van der Waals surface area contributed by atoms with Crippen LogP contribution in [0, 0.1) is 12.5 Å². The zero-order valence-electron chi connectivity index (χ0n) is 16.0. The van der Waals surface area contributed by atoms with Gasteiger partial charge in [-0.2, -0.15) is 0 Å². The number of aromatic nitrogens is 1. The third kappa shape index (κ3) is 6.05. The zero-order valence-corrected chi connectivity index (χ0v) is 16.0. The molecule has 3 rings (SSSR count). The van der Waals surface area contributed by atoms with Crippen LogP contribution in [0.15, 0.2) is 49.2 Å².